The second-order valence-corrected chi connectivity index (χ2v) is 5.17. The number of hydrogen-bond donors (Lipinski definition) is 1. The summed E-state index contributed by atoms with van der Waals surface area (Å²) in [5, 5.41) is 0. The number of anilines is 1. The van der Waals surface area contributed by atoms with Crippen molar-refractivity contribution in [3.05, 3.63) is 48.4 Å². The van der Waals surface area contributed by atoms with Crippen LogP contribution in [0.4, 0.5) is 5.69 Å². The van der Waals surface area contributed by atoms with Gasteiger partial charge in [0.15, 0.2) is 5.76 Å². The molecule has 1 saturated heterocycles. The van der Waals surface area contributed by atoms with Crippen LogP contribution in [0.2, 0.25) is 0 Å². The van der Waals surface area contributed by atoms with E-state index in [1.165, 1.54) is 5.69 Å². The molecule has 0 amide bonds. The highest BCUT2D eigenvalue weighted by molar-refractivity contribution is 5.58. The van der Waals surface area contributed by atoms with Gasteiger partial charge in [0.25, 0.3) is 0 Å². The van der Waals surface area contributed by atoms with E-state index in [0.29, 0.717) is 0 Å². The Morgan fingerprint density at radius 2 is 1.95 bits per heavy atom. The molecule has 0 spiro atoms. The molecule has 0 radical (unpaired) electrons. The molecule has 0 unspecified atom stereocenters. The van der Waals surface area contributed by atoms with Gasteiger partial charge in [0.1, 0.15) is 12.3 Å². The zero-order valence-electron chi connectivity index (χ0n) is 11.8. The molecule has 2 aromatic rings. The van der Waals surface area contributed by atoms with Crippen LogP contribution < -0.4 is 14.5 Å². The summed E-state index contributed by atoms with van der Waals surface area (Å²) in [6.45, 7) is 5.33. The van der Waals surface area contributed by atoms with Crippen LogP contribution in [-0.4, -0.2) is 33.3 Å². The molecule has 0 atom stereocenters. The first kappa shape index (κ1) is 13.1. The smallest absolute Gasteiger partial charge is 0.157 e. The van der Waals surface area contributed by atoms with Crippen molar-refractivity contribution in [2.75, 3.05) is 38.2 Å². The fourth-order valence-corrected chi connectivity index (χ4v) is 2.79. The largest absolute Gasteiger partial charge is 0.495 e. The van der Waals surface area contributed by atoms with Gasteiger partial charge < -0.3 is 19.0 Å². The first-order chi connectivity index (χ1) is 9.86. The first-order valence-electron chi connectivity index (χ1n) is 7.11. The highest BCUT2D eigenvalue weighted by atomic mass is 16.5. The molecule has 4 heteroatoms. The number of rotatable bonds is 4. The number of ether oxygens (including phenoxy) is 1. The first-order valence-corrected chi connectivity index (χ1v) is 7.11. The molecule has 3 rings (SSSR count). The number of methoxy groups -OCH3 is 1. The van der Waals surface area contributed by atoms with Crippen LogP contribution in [0.15, 0.2) is 47.1 Å². The Morgan fingerprint density at radius 1 is 1.15 bits per heavy atom. The van der Waals surface area contributed by atoms with Crippen molar-refractivity contribution in [2.24, 2.45) is 0 Å². The summed E-state index contributed by atoms with van der Waals surface area (Å²) in [5.74, 6) is 2.03. The molecule has 1 fully saturated rings. The molecule has 1 aromatic heterocycles. The monoisotopic (exact) mass is 273 g/mol. The van der Waals surface area contributed by atoms with E-state index in [9.17, 15) is 0 Å². The molecule has 1 N–H and O–H groups in total. The second kappa shape index (κ2) is 6.01. The Labute approximate surface area is 119 Å². The van der Waals surface area contributed by atoms with E-state index in [1.54, 1.807) is 18.3 Å². The van der Waals surface area contributed by atoms with E-state index in [4.69, 9.17) is 9.15 Å². The van der Waals surface area contributed by atoms with Gasteiger partial charge in [-0.15, -0.1) is 0 Å². The molecule has 0 saturated carbocycles. The van der Waals surface area contributed by atoms with Crippen molar-refractivity contribution in [1.29, 1.82) is 0 Å². The zero-order valence-corrected chi connectivity index (χ0v) is 11.8. The Kier molecular flexibility index (Phi) is 3.92. The quantitative estimate of drug-likeness (QED) is 0.907. The molecule has 0 aliphatic carbocycles. The fraction of sp³-hybridized carbons (Fsp3) is 0.375. The van der Waals surface area contributed by atoms with E-state index in [-0.39, 0.29) is 0 Å². The van der Waals surface area contributed by atoms with Crippen molar-refractivity contribution in [1.82, 2.24) is 0 Å². The van der Waals surface area contributed by atoms with Gasteiger partial charge in [-0.3, -0.25) is 0 Å². The van der Waals surface area contributed by atoms with E-state index < -0.39 is 0 Å². The van der Waals surface area contributed by atoms with Crippen molar-refractivity contribution >= 4 is 5.69 Å². The number of piperazine rings is 1. The van der Waals surface area contributed by atoms with E-state index >= 15 is 0 Å². The molecule has 20 heavy (non-hydrogen) atoms. The number of quaternary nitrogens is 1. The second-order valence-electron chi connectivity index (χ2n) is 5.17. The molecule has 2 heterocycles. The van der Waals surface area contributed by atoms with Gasteiger partial charge in [-0.25, -0.2) is 0 Å². The van der Waals surface area contributed by atoms with E-state index in [0.717, 1.165) is 44.2 Å². The van der Waals surface area contributed by atoms with Gasteiger partial charge in [-0.2, -0.15) is 0 Å². The lowest BCUT2D eigenvalue weighted by atomic mass is 10.2. The van der Waals surface area contributed by atoms with Gasteiger partial charge in [0.2, 0.25) is 0 Å². The third kappa shape index (κ3) is 2.80. The van der Waals surface area contributed by atoms with Crippen LogP contribution in [0.1, 0.15) is 5.76 Å². The summed E-state index contributed by atoms with van der Waals surface area (Å²) in [6.07, 6.45) is 1.75. The minimum absolute atomic E-state index is 0.960. The summed E-state index contributed by atoms with van der Waals surface area (Å²) < 4.78 is 10.9. The average Bonchev–Trinajstić information content (AvgIpc) is 3.01. The molecular formula is C16H21N2O2+. The normalized spacial score (nSPS) is 16.4. The van der Waals surface area contributed by atoms with Gasteiger partial charge >= 0.3 is 0 Å². The number of nitrogens with one attached hydrogen (secondary N) is 1. The third-order valence-corrected chi connectivity index (χ3v) is 3.90. The molecule has 0 bridgehead atoms. The van der Waals surface area contributed by atoms with E-state index in [2.05, 4.69) is 23.1 Å². The highest BCUT2D eigenvalue weighted by Crippen LogP contribution is 2.27. The molecule has 1 aliphatic heterocycles. The van der Waals surface area contributed by atoms with E-state index in [1.807, 2.05) is 18.2 Å². The van der Waals surface area contributed by atoms with Crippen molar-refractivity contribution < 1.29 is 14.1 Å². The number of furan rings is 1. The van der Waals surface area contributed by atoms with Gasteiger partial charge in [-0.05, 0) is 24.3 Å². The molecule has 106 valence electrons. The number of para-hydroxylation sites is 2. The van der Waals surface area contributed by atoms with Crippen molar-refractivity contribution in [2.45, 2.75) is 6.54 Å². The lowest BCUT2D eigenvalue weighted by molar-refractivity contribution is -0.915. The van der Waals surface area contributed by atoms with Crippen LogP contribution in [0, 0.1) is 0 Å². The molecule has 1 aromatic carbocycles. The van der Waals surface area contributed by atoms with Crippen LogP contribution in [0.5, 0.6) is 5.75 Å². The van der Waals surface area contributed by atoms with Crippen molar-refractivity contribution in [3.8, 4) is 5.75 Å². The molecule has 1 aliphatic rings. The van der Waals surface area contributed by atoms with Gasteiger partial charge in [0.05, 0.1) is 45.2 Å². The summed E-state index contributed by atoms with van der Waals surface area (Å²) in [6, 6.07) is 12.3. The maximum Gasteiger partial charge on any atom is 0.157 e. The maximum absolute atomic E-state index is 5.45. The Hall–Kier alpha value is -1.94. The minimum Gasteiger partial charge on any atom is -0.495 e. The Morgan fingerprint density at radius 3 is 2.65 bits per heavy atom. The SMILES string of the molecule is COc1ccccc1N1CC[NH+](Cc2ccco2)CC1. The lowest BCUT2D eigenvalue weighted by Crippen LogP contribution is -3.13. The predicted molar refractivity (Wildman–Crippen MR) is 78.3 cm³/mol. The molecule has 4 nitrogen and oxygen atoms in total. The van der Waals surface area contributed by atoms with Gasteiger partial charge in [0, 0.05) is 0 Å². The maximum atomic E-state index is 5.45. The lowest BCUT2D eigenvalue weighted by Gasteiger charge is -2.33. The molecular weight excluding hydrogens is 252 g/mol. The van der Waals surface area contributed by atoms with Crippen molar-refractivity contribution in [3.63, 3.8) is 0 Å². The average molecular weight is 273 g/mol. The van der Waals surface area contributed by atoms with Crippen LogP contribution in [-0.2, 0) is 6.54 Å². The standard InChI is InChI=1S/C16H20N2O2/c1-19-16-7-3-2-6-15(16)18-10-8-17(9-11-18)13-14-5-4-12-20-14/h2-7,12H,8-11,13H2,1H3/p+1. The van der Waals surface area contributed by atoms with Crippen LogP contribution in [0.3, 0.4) is 0 Å². The fourth-order valence-electron chi connectivity index (χ4n) is 2.79. The van der Waals surface area contributed by atoms with Crippen LogP contribution in [0.25, 0.3) is 0 Å². The summed E-state index contributed by atoms with van der Waals surface area (Å²) in [4.78, 5) is 3.98. The summed E-state index contributed by atoms with van der Waals surface area (Å²) >= 11 is 0. The predicted octanol–water partition coefficient (Wildman–Crippen LogP) is 1.19. The Balaban J connectivity index is 1.60. The van der Waals surface area contributed by atoms with Crippen LogP contribution >= 0.6 is 0 Å². The zero-order chi connectivity index (χ0) is 13.8. The minimum atomic E-state index is 0.960. The topological polar surface area (TPSA) is 30.1 Å². The van der Waals surface area contributed by atoms with Gasteiger partial charge in [-0.1, -0.05) is 12.1 Å². The third-order valence-electron chi connectivity index (χ3n) is 3.90. The highest BCUT2D eigenvalue weighted by Gasteiger charge is 2.22. The Bertz CT molecular complexity index is 531. The summed E-state index contributed by atoms with van der Waals surface area (Å²) in [5.41, 5.74) is 1.20. The number of benzene rings is 1. The number of hydrogen-bond acceptors (Lipinski definition) is 3. The number of nitrogens with zero attached hydrogens (tertiary/aromatic N) is 1. The summed E-state index contributed by atoms with van der Waals surface area (Å²) in [7, 11) is 1.73.